The fourth-order valence-corrected chi connectivity index (χ4v) is 3.05. The van der Waals surface area contributed by atoms with Crippen LogP contribution in [-0.4, -0.2) is 13.4 Å². The molecule has 1 unspecified atom stereocenters. The molecule has 0 saturated heterocycles. The van der Waals surface area contributed by atoms with Crippen LogP contribution in [0.1, 0.15) is 44.6 Å². The SMILES string of the molecule is COc1ccc(C(C)(C=O)C2CCCCC2)cc1. The molecule has 18 heavy (non-hydrogen) atoms. The van der Waals surface area contributed by atoms with E-state index < -0.39 is 0 Å². The van der Waals surface area contributed by atoms with Crippen LogP contribution in [0.3, 0.4) is 0 Å². The van der Waals surface area contributed by atoms with Gasteiger partial charge in [-0.2, -0.15) is 0 Å². The van der Waals surface area contributed by atoms with Crippen molar-refractivity contribution in [3.8, 4) is 5.75 Å². The van der Waals surface area contributed by atoms with Gasteiger partial charge < -0.3 is 9.53 Å². The Labute approximate surface area is 109 Å². The van der Waals surface area contributed by atoms with Crippen molar-refractivity contribution in [2.45, 2.75) is 44.4 Å². The van der Waals surface area contributed by atoms with Crippen molar-refractivity contribution < 1.29 is 9.53 Å². The van der Waals surface area contributed by atoms with Crippen molar-refractivity contribution in [1.29, 1.82) is 0 Å². The van der Waals surface area contributed by atoms with Crippen molar-refractivity contribution in [2.75, 3.05) is 7.11 Å². The summed E-state index contributed by atoms with van der Waals surface area (Å²) in [5.74, 6) is 1.33. The summed E-state index contributed by atoms with van der Waals surface area (Å²) in [5.41, 5.74) is 0.775. The molecule has 0 spiro atoms. The van der Waals surface area contributed by atoms with Crippen molar-refractivity contribution >= 4 is 6.29 Å². The van der Waals surface area contributed by atoms with Gasteiger partial charge in [0.1, 0.15) is 12.0 Å². The first-order valence-corrected chi connectivity index (χ1v) is 6.81. The molecule has 1 saturated carbocycles. The molecule has 2 rings (SSSR count). The summed E-state index contributed by atoms with van der Waals surface area (Å²) >= 11 is 0. The lowest BCUT2D eigenvalue weighted by atomic mass is 9.67. The van der Waals surface area contributed by atoms with E-state index in [-0.39, 0.29) is 5.41 Å². The van der Waals surface area contributed by atoms with Gasteiger partial charge in [0.2, 0.25) is 0 Å². The van der Waals surface area contributed by atoms with Crippen LogP contribution in [0.5, 0.6) is 5.75 Å². The summed E-state index contributed by atoms with van der Waals surface area (Å²) in [5, 5.41) is 0. The van der Waals surface area contributed by atoms with Crippen LogP contribution in [-0.2, 0) is 10.2 Å². The lowest BCUT2D eigenvalue weighted by Crippen LogP contribution is -2.35. The molecule has 1 aliphatic rings. The van der Waals surface area contributed by atoms with E-state index in [9.17, 15) is 4.79 Å². The molecule has 0 heterocycles. The van der Waals surface area contributed by atoms with Crippen LogP contribution >= 0.6 is 0 Å². The predicted octanol–water partition coefficient (Wildman–Crippen LogP) is 3.73. The van der Waals surface area contributed by atoms with Crippen molar-refractivity contribution in [3.05, 3.63) is 29.8 Å². The van der Waals surface area contributed by atoms with Gasteiger partial charge in [0, 0.05) is 0 Å². The molecule has 1 fully saturated rings. The van der Waals surface area contributed by atoms with Gasteiger partial charge in [-0.15, -0.1) is 0 Å². The number of methoxy groups -OCH3 is 1. The molecular formula is C16H22O2. The van der Waals surface area contributed by atoms with Gasteiger partial charge in [-0.05, 0) is 43.4 Å². The first-order valence-electron chi connectivity index (χ1n) is 6.81. The molecule has 0 N–H and O–H groups in total. The van der Waals surface area contributed by atoms with Crippen molar-refractivity contribution in [1.82, 2.24) is 0 Å². The molecule has 0 bridgehead atoms. The fraction of sp³-hybridized carbons (Fsp3) is 0.562. The van der Waals surface area contributed by atoms with Crippen molar-refractivity contribution in [3.63, 3.8) is 0 Å². The zero-order chi connectivity index (χ0) is 13.0. The minimum atomic E-state index is -0.341. The third-order valence-corrected chi connectivity index (χ3v) is 4.41. The Kier molecular flexibility index (Phi) is 4.05. The Bertz CT molecular complexity index is 390. The highest BCUT2D eigenvalue weighted by molar-refractivity contribution is 5.68. The van der Waals surface area contributed by atoms with Crippen LogP contribution in [0.4, 0.5) is 0 Å². The van der Waals surface area contributed by atoms with E-state index in [1.54, 1.807) is 7.11 Å². The van der Waals surface area contributed by atoms with Gasteiger partial charge in [0.25, 0.3) is 0 Å². The predicted molar refractivity (Wildman–Crippen MR) is 73.0 cm³/mol. The second-order valence-corrected chi connectivity index (χ2v) is 5.46. The summed E-state index contributed by atoms with van der Waals surface area (Å²) in [6.07, 6.45) is 7.30. The Morgan fingerprint density at radius 1 is 1.17 bits per heavy atom. The maximum Gasteiger partial charge on any atom is 0.130 e. The minimum absolute atomic E-state index is 0.341. The van der Waals surface area contributed by atoms with Crippen molar-refractivity contribution in [2.24, 2.45) is 5.92 Å². The summed E-state index contributed by atoms with van der Waals surface area (Å²) in [4.78, 5) is 11.6. The molecule has 1 aliphatic carbocycles. The molecule has 0 aliphatic heterocycles. The second-order valence-electron chi connectivity index (χ2n) is 5.46. The van der Waals surface area contributed by atoms with E-state index in [4.69, 9.17) is 4.74 Å². The number of hydrogen-bond acceptors (Lipinski definition) is 2. The molecule has 1 aromatic carbocycles. The summed E-state index contributed by atoms with van der Waals surface area (Å²) in [6.45, 7) is 2.08. The lowest BCUT2D eigenvalue weighted by Gasteiger charge is -2.36. The quantitative estimate of drug-likeness (QED) is 0.757. The number of hydrogen-bond donors (Lipinski definition) is 0. The zero-order valence-electron chi connectivity index (χ0n) is 11.3. The third-order valence-electron chi connectivity index (χ3n) is 4.41. The van der Waals surface area contributed by atoms with Gasteiger partial charge in [0.05, 0.1) is 12.5 Å². The smallest absolute Gasteiger partial charge is 0.130 e. The van der Waals surface area contributed by atoms with E-state index in [2.05, 4.69) is 6.92 Å². The molecule has 2 nitrogen and oxygen atoms in total. The van der Waals surface area contributed by atoms with E-state index in [1.807, 2.05) is 24.3 Å². The number of ether oxygens (including phenoxy) is 1. The summed E-state index contributed by atoms with van der Waals surface area (Å²) in [7, 11) is 1.66. The third kappa shape index (κ3) is 2.43. The van der Waals surface area contributed by atoms with E-state index >= 15 is 0 Å². The minimum Gasteiger partial charge on any atom is -0.497 e. The number of benzene rings is 1. The summed E-state index contributed by atoms with van der Waals surface area (Å²) in [6, 6.07) is 7.95. The van der Waals surface area contributed by atoms with E-state index in [1.165, 1.54) is 32.1 Å². The van der Waals surface area contributed by atoms with Crippen LogP contribution in [0, 0.1) is 5.92 Å². The normalized spacial score (nSPS) is 20.1. The molecule has 1 aromatic rings. The van der Waals surface area contributed by atoms with E-state index in [0.29, 0.717) is 5.92 Å². The molecule has 0 aromatic heterocycles. The Hall–Kier alpha value is -1.31. The first kappa shape index (κ1) is 13.1. The highest BCUT2D eigenvalue weighted by atomic mass is 16.5. The topological polar surface area (TPSA) is 26.3 Å². The van der Waals surface area contributed by atoms with Crippen LogP contribution in [0.2, 0.25) is 0 Å². The molecule has 2 heteroatoms. The fourth-order valence-electron chi connectivity index (χ4n) is 3.05. The lowest BCUT2D eigenvalue weighted by molar-refractivity contribution is -0.114. The zero-order valence-corrected chi connectivity index (χ0v) is 11.3. The Morgan fingerprint density at radius 2 is 1.78 bits per heavy atom. The van der Waals surface area contributed by atoms with Gasteiger partial charge in [-0.1, -0.05) is 31.4 Å². The Balaban J connectivity index is 2.26. The standard InChI is InChI=1S/C16H22O2/c1-16(12-17,13-6-4-3-5-7-13)14-8-10-15(18-2)11-9-14/h8-13H,3-7H2,1-2H3. The van der Waals surface area contributed by atoms with Gasteiger partial charge >= 0.3 is 0 Å². The van der Waals surface area contributed by atoms with Gasteiger partial charge in [-0.3, -0.25) is 0 Å². The monoisotopic (exact) mass is 246 g/mol. The number of aldehydes is 1. The average molecular weight is 246 g/mol. The van der Waals surface area contributed by atoms with E-state index in [0.717, 1.165) is 17.6 Å². The molecule has 0 amide bonds. The number of rotatable bonds is 4. The van der Waals surface area contributed by atoms with Crippen LogP contribution < -0.4 is 4.74 Å². The maximum absolute atomic E-state index is 11.6. The molecule has 0 radical (unpaired) electrons. The van der Waals surface area contributed by atoms with Gasteiger partial charge in [-0.25, -0.2) is 0 Å². The molecule has 1 atom stereocenters. The van der Waals surface area contributed by atoms with Crippen LogP contribution in [0.25, 0.3) is 0 Å². The highest BCUT2D eigenvalue weighted by Crippen LogP contribution is 2.40. The highest BCUT2D eigenvalue weighted by Gasteiger charge is 2.36. The average Bonchev–Trinajstić information content (AvgIpc) is 2.47. The largest absolute Gasteiger partial charge is 0.497 e. The first-order chi connectivity index (χ1) is 8.70. The number of carbonyl (C=O) groups is 1. The molecule has 98 valence electrons. The number of carbonyl (C=O) groups excluding carboxylic acids is 1. The maximum atomic E-state index is 11.6. The van der Waals surface area contributed by atoms with Gasteiger partial charge in [0.15, 0.2) is 0 Å². The summed E-state index contributed by atoms with van der Waals surface area (Å²) < 4.78 is 5.17. The van der Waals surface area contributed by atoms with Crippen LogP contribution in [0.15, 0.2) is 24.3 Å². The molecular weight excluding hydrogens is 224 g/mol. The Morgan fingerprint density at radius 3 is 2.28 bits per heavy atom. The second kappa shape index (κ2) is 5.55.